The number of aromatic nitrogens is 2. The molecule has 0 saturated heterocycles. The van der Waals surface area contributed by atoms with E-state index in [1.165, 1.54) is 0 Å². The molecule has 1 aromatic carbocycles. The average Bonchev–Trinajstić information content (AvgIpc) is 2.80. The molecule has 22 heavy (non-hydrogen) atoms. The van der Waals surface area contributed by atoms with Crippen LogP contribution in [-0.4, -0.2) is 36.2 Å². The highest BCUT2D eigenvalue weighted by molar-refractivity contribution is 5.66. The van der Waals surface area contributed by atoms with Gasteiger partial charge in [-0.25, -0.2) is 4.98 Å². The Labute approximate surface area is 128 Å². The average molecular weight is 298 g/mol. The first-order valence-corrected chi connectivity index (χ1v) is 7.65. The SMILES string of the molecule is O=c1[nH]c(N2CCOc3ccccc32)nc2c1CCNCC2. The first-order valence-electron chi connectivity index (χ1n) is 7.65. The van der Waals surface area contributed by atoms with Gasteiger partial charge in [-0.2, -0.15) is 0 Å². The van der Waals surface area contributed by atoms with Crippen LogP contribution in [0, 0.1) is 0 Å². The Bertz CT molecular complexity index is 756. The Kier molecular flexibility index (Phi) is 3.31. The van der Waals surface area contributed by atoms with Crippen LogP contribution >= 0.6 is 0 Å². The Morgan fingerprint density at radius 3 is 3.00 bits per heavy atom. The van der Waals surface area contributed by atoms with Crippen molar-refractivity contribution in [3.8, 4) is 5.75 Å². The molecular formula is C16H18N4O2. The van der Waals surface area contributed by atoms with Crippen molar-refractivity contribution in [1.82, 2.24) is 15.3 Å². The second kappa shape index (κ2) is 5.46. The fourth-order valence-corrected chi connectivity index (χ4v) is 3.06. The van der Waals surface area contributed by atoms with Crippen molar-refractivity contribution in [2.24, 2.45) is 0 Å². The van der Waals surface area contributed by atoms with E-state index in [4.69, 9.17) is 9.72 Å². The van der Waals surface area contributed by atoms with Gasteiger partial charge < -0.3 is 15.0 Å². The molecule has 114 valence electrons. The molecule has 0 aliphatic carbocycles. The van der Waals surface area contributed by atoms with Crippen LogP contribution in [0.2, 0.25) is 0 Å². The molecule has 2 aliphatic heterocycles. The standard InChI is InChI=1S/C16H18N4O2/c21-15-11-5-7-17-8-6-12(11)18-16(19-15)20-9-10-22-14-4-2-1-3-13(14)20/h1-4,17H,5-10H2,(H,18,19,21). The number of nitrogens with zero attached hydrogens (tertiary/aromatic N) is 2. The smallest absolute Gasteiger partial charge is 0.255 e. The lowest BCUT2D eigenvalue weighted by Gasteiger charge is -2.30. The van der Waals surface area contributed by atoms with E-state index in [1.807, 2.05) is 29.2 Å². The van der Waals surface area contributed by atoms with Gasteiger partial charge in [-0.05, 0) is 25.1 Å². The van der Waals surface area contributed by atoms with Crippen LogP contribution in [0.5, 0.6) is 5.75 Å². The maximum atomic E-state index is 12.4. The van der Waals surface area contributed by atoms with Crippen LogP contribution in [0.25, 0.3) is 0 Å². The molecule has 0 unspecified atom stereocenters. The monoisotopic (exact) mass is 298 g/mol. The lowest BCUT2D eigenvalue weighted by Crippen LogP contribution is -2.32. The second-order valence-corrected chi connectivity index (χ2v) is 5.53. The molecule has 6 nitrogen and oxygen atoms in total. The molecule has 0 saturated carbocycles. The Morgan fingerprint density at radius 2 is 2.05 bits per heavy atom. The molecule has 2 aliphatic rings. The number of H-pyrrole nitrogens is 1. The van der Waals surface area contributed by atoms with Crippen LogP contribution in [0.15, 0.2) is 29.1 Å². The molecule has 0 amide bonds. The number of para-hydroxylation sites is 2. The van der Waals surface area contributed by atoms with Gasteiger partial charge >= 0.3 is 0 Å². The van der Waals surface area contributed by atoms with Gasteiger partial charge in [0.1, 0.15) is 12.4 Å². The number of hydrogen-bond donors (Lipinski definition) is 2. The van der Waals surface area contributed by atoms with E-state index in [0.717, 1.165) is 48.6 Å². The Morgan fingerprint density at radius 1 is 1.18 bits per heavy atom. The molecule has 1 aromatic heterocycles. The molecule has 0 spiro atoms. The van der Waals surface area contributed by atoms with Gasteiger partial charge in [0.05, 0.1) is 17.9 Å². The van der Waals surface area contributed by atoms with Crippen LogP contribution in [0.4, 0.5) is 11.6 Å². The molecule has 6 heteroatoms. The summed E-state index contributed by atoms with van der Waals surface area (Å²) in [7, 11) is 0. The number of ether oxygens (including phenoxy) is 1. The topological polar surface area (TPSA) is 70.2 Å². The van der Waals surface area contributed by atoms with E-state index in [9.17, 15) is 4.79 Å². The fourth-order valence-electron chi connectivity index (χ4n) is 3.06. The molecule has 2 aromatic rings. The number of benzene rings is 1. The molecule has 0 bridgehead atoms. The summed E-state index contributed by atoms with van der Waals surface area (Å²) in [6.07, 6.45) is 1.52. The van der Waals surface area contributed by atoms with Crippen molar-refractivity contribution in [3.63, 3.8) is 0 Å². The summed E-state index contributed by atoms with van der Waals surface area (Å²) in [5, 5.41) is 3.31. The number of fused-ring (bicyclic) bond motifs is 2. The van der Waals surface area contributed by atoms with E-state index in [0.29, 0.717) is 19.1 Å². The normalized spacial score (nSPS) is 17.2. The summed E-state index contributed by atoms with van der Waals surface area (Å²) in [6.45, 7) is 2.95. The van der Waals surface area contributed by atoms with E-state index >= 15 is 0 Å². The van der Waals surface area contributed by atoms with Gasteiger partial charge in [-0.1, -0.05) is 12.1 Å². The lowest BCUT2D eigenvalue weighted by molar-refractivity contribution is 0.313. The zero-order chi connectivity index (χ0) is 14.9. The van der Waals surface area contributed by atoms with E-state index in [2.05, 4.69) is 10.3 Å². The predicted molar refractivity (Wildman–Crippen MR) is 84.1 cm³/mol. The summed E-state index contributed by atoms with van der Waals surface area (Å²) in [6, 6.07) is 7.84. The summed E-state index contributed by atoms with van der Waals surface area (Å²) in [5.41, 5.74) is 2.65. The minimum absolute atomic E-state index is 0.0207. The number of nitrogens with one attached hydrogen (secondary N) is 2. The van der Waals surface area contributed by atoms with Crippen molar-refractivity contribution in [2.75, 3.05) is 31.1 Å². The van der Waals surface area contributed by atoms with Gasteiger partial charge in [-0.3, -0.25) is 9.78 Å². The van der Waals surface area contributed by atoms with E-state index < -0.39 is 0 Å². The first-order chi connectivity index (χ1) is 10.8. The van der Waals surface area contributed by atoms with Crippen molar-refractivity contribution >= 4 is 11.6 Å². The largest absolute Gasteiger partial charge is 0.490 e. The molecule has 4 rings (SSSR count). The van der Waals surface area contributed by atoms with Crippen molar-refractivity contribution in [2.45, 2.75) is 12.8 Å². The Balaban J connectivity index is 1.80. The summed E-state index contributed by atoms with van der Waals surface area (Å²) >= 11 is 0. The molecule has 0 fully saturated rings. The van der Waals surface area contributed by atoms with Gasteiger partial charge in [0, 0.05) is 18.5 Å². The lowest BCUT2D eigenvalue weighted by atomic mass is 10.1. The van der Waals surface area contributed by atoms with E-state index in [1.54, 1.807) is 0 Å². The predicted octanol–water partition coefficient (Wildman–Crippen LogP) is 0.989. The van der Waals surface area contributed by atoms with Crippen LogP contribution in [0.1, 0.15) is 11.3 Å². The first kappa shape index (κ1) is 13.3. The Hall–Kier alpha value is -2.34. The third-order valence-corrected chi connectivity index (χ3v) is 4.16. The maximum Gasteiger partial charge on any atom is 0.255 e. The molecule has 0 atom stereocenters. The van der Waals surface area contributed by atoms with Crippen LogP contribution in [0.3, 0.4) is 0 Å². The van der Waals surface area contributed by atoms with Gasteiger partial charge in [0.15, 0.2) is 0 Å². The van der Waals surface area contributed by atoms with Crippen molar-refractivity contribution in [3.05, 3.63) is 45.9 Å². The zero-order valence-electron chi connectivity index (χ0n) is 12.3. The van der Waals surface area contributed by atoms with Crippen LogP contribution in [-0.2, 0) is 12.8 Å². The van der Waals surface area contributed by atoms with Gasteiger partial charge in [0.2, 0.25) is 5.95 Å². The number of anilines is 2. The highest BCUT2D eigenvalue weighted by Crippen LogP contribution is 2.34. The third kappa shape index (κ3) is 2.25. The highest BCUT2D eigenvalue weighted by Gasteiger charge is 2.23. The third-order valence-electron chi connectivity index (χ3n) is 4.16. The van der Waals surface area contributed by atoms with E-state index in [-0.39, 0.29) is 5.56 Å². The quantitative estimate of drug-likeness (QED) is 0.821. The fraction of sp³-hybridized carbons (Fsp3) is 0.375. The number of rotatable bonds is 1. The molecule has 0 radical (unpaired) electrons. The van der Waals surface area contributed by atoms with Crippen molar-refractivity contribution < 1.29 is 4.74 Å². The van der Waals surface area contributed by atoms with Gasteiger partial charge in [0.25, 0.3) is 5.56 Å². The number of hydrogen-bond acceptors (Lipinski definition) is 5. The van der Waals surface area contributed by atoms with Gasteiger partial charge in [-0.15, -0.1) is 0 Å². The van der Waals surface area contributed by atoms with Crippen molar-refractivity contribution in [1.29, 1.82) is 0 Å². The molecule has 3 heterocycles. The van der Waals surface area contributed by atoms with Crippen LogP contribution < -0.4 is 20.5 Å². The highest BCUT2D eigenvalue weighted by atomic mass is 16.5. The molecular weight excluding hydrogens is 280 g/mol. The summed E-state index contributed by atoms with van der Waals surface area (Å²) in [4.78, 5) is 22.1. The number of aromatic amines is 1. The molecule has 2 N–H and O–H groups in total. The summed E-state index contributed by atoms with van der Waals surface area (Å²) in [5.74, 6) is 1.44. The second-order valence-electron chi connectivity index (χ2n) is 5.53. The minimum Gasteiger partial charge on any atom is -0.490 e. The zero-order valence-corrected chi connectivity index (χ0v) is 12.3. The summed E-state index contributed by atoms with van der Waals surface area (Å²) < 4.78 is 5.67. The minimum atomic E-state index is -0.0207. The maximum absolute atomic E-state index is 12.4.